The largest absolute Gasteiger partial charge is 0.320 e. The Balaban J connectivity index is 1.66. The van der Waals surface area contributed by atoms with Gasteiger partial charge in [0.1, 0.15) is 6.04 Å². The number of thiophene rings is 1. The van der Waals surface area contributed by atoms with Crippen LogP contribution in [0, 0.1) is 13.8 Å². The van der Waals surface area contributed by atoms with E-state index in [9.17, 15) is 4.79 Å². The zero-order valence-corrected chi connectivity index (χ0v) is 14.2. The van der Waals surface area contributed by atoms with Crippen LogP contribution in [0.3, 0.4) is 0 Å². The van der Waals surface area contributed by atoms with Crippen molar-refractivity contribution in [2.45, 2.75) is 32.7 Å². The first kappa shape index (κ1) is 15.2. The molecule has 6 heteroatoms. The van der Waals surface area contributed by atoms with Gasteiger partial charge in [-0.1, -0.05) is 6.07 Å². The van der Waals surface area contributed by atoms with Crippen molar-refractivity contribution >= 4 is 22.9 Å². The Kier molecular flexibility index (Phi) is 4.31. The zero-order valence-electron chi connectivity index (χ0n) is 13.3. The maximum absolute atomic E-state index is 12.4. The summed E-state index contributed by atoms with van der Waals surface area (Å²) in [6, 6.07) is 4.76. The maximum atomic E-state index is 12.4. The number of nitrogens with one attached hydrogen (secondary N) is 2. The van der Waals surface area contributed by atoms with Gasteiger partial charge in [-0.3, -0.25) is 9.48 Å². The van der Waals surface area contributed by atoms with Gasteiger partial charge in [0.15, 0.2) is 6.54 Å². The second-order valence-corrected chi connectivity index (χ2v) is 6.99. The van der Waals surface area contributed by atoms with Gasteiger partial charge in [0.25, 0.3) is 5.91 Å². The minimum absolute atomic E-state index is 0.0812. The van der Waals surface area contributed by atoms with Crippen LogP contribution in [0.25, 0.3) is 0 Å². The van der Waals surface area contributed by atoms with Crippen molar-refractivity contribution in [3.8, 4) is 0 Å². The van der Waals surface area contributed by atoms with Crippen LogP contribution < -0.4 is 10.2 Å². The van der Waals surface area contributed by atoms with E-state index in [0.717, 1.165) is 23.6 Å². The molecule has 0 spiro atoms. The minimum atomic E-state index is 0.0812. The number of aromatic nitrogens is 2. The molecule has 2 N–H and O–H groups in total. The van der Waals surface area contributed by atoms with E-state index in [1.807, 2.05) is 25.6 Å². The zero-order chi connectivity index (χ0) is 15.7. The summed E-state index contributed by atoms with van der Waals surface area (Å²) in [6.45, 7) is 5.50. The summed E-state index contributed by atoms with van der Waals surface area (Å²) >= 11 is 1.80. The van der Waals surface area contributed by atoms with Gasteiger partial charge in [-0.05, 0) is 25.3 Å². The van der Waals surface area contributed by atoms with Gasteiger partial charge < -0.3 is 10.2 Å². The third kappa shape index (κ3) is 2.94. The lowest BCUT2D eigenvalue weighted by Gasteiger charge is -2.20. The number of hydrogen-bond acceptors (Lipinski definition) is 3. The summed E-state index contributed by atoms with van der Waals surface area (Å²) < 4.78 is 1.81. The molecule has 0 saturated carbocycles. The molecule has 22 heavy (non-hydrogen) atoms. The molecule has 2 atom stereocenters. The van der Waals surface area contributed by atoms with Crippen LogP contribution in [0.4, 0.5) is 5.69 Å². The number of hydrogen-bond donors (Lipinski definition) is 2. The summed E-state index contributed by atoms with van der Waals surface area (Å²) in [5, 5.41) is 9.52. The van der Waals surface area contributed by atoms with Gasteiger partial charge in [-0.15, -0.1) is 11.3 Å². The number of carbonyl (C=O) groups excluding carboxylic acids is 1. The fourth-order valence-electron chi connectivity index (χ4n) is 3.30. The quantitative estimate of drug-likeness (QED) is 0.896. The molecule has 2 aromatic rings. The highest BCUT2D eigenvalue weighted by Crippen LogP contribution is 2.23. The van der Waals surface area contributed by atoms with Gasteiger partial charge in [0.2, 0.25) is 0 Å². The fourth-order valence-corrected chi connectivity index (χ4v) is 4.22. The lowest BCUT2D eigenvalue weighted by atomic mass is 10.2. The van der Waals surface area contributed by atoms with E-state index in [4.69, 9.17) is 0 Å². The Hall–Kier alpha value is -1.66. The van der Waals surface area contributed by atoms with Gasteiger partial charge in [-0.2, -0.15) is 5.10 Å². The molecule has 0 radical (unpaired) electrons. The Morgan fingerprint density at radius 2 is 2.36 bits per heavy atom. The first-order valence-corrected chi connectivity index (χ1v) is 8.62. The minimum Gasteiger partial charge on any atom is -0.320 e. The average Bonchev–Trinajstić information content (AvgIpc) is 3.17. The molecule has 3 heterocycles. The molecule has 5 nitrogen and oxygen atoms in total. The molecule has 1 aliphatic heterocycles. The second kappa shape index (κ2) is 6.22. The second-order valence-electron chi connectivity index (χ2n) is 6.01. The normalized spacial score (nSPS) is 21.2. The third-order valence-electron chi connectivity index (χ3n) is 4.53. The Morgan fingerprint density at radius 1 is 1.55 bits per heavy atom. The number of rotatable bonds is 4. The average molecular weight is 319 g/mol. The van der Waals surface area contributed by atoms with Crippen LogP contribution in [0.1, 0.15) is 35.1 Å². The Morgan fingerprint density at radius 3 is 3.00 bits per heavy atom. The number of anilines is 1. The van der Waals surface area contributed by atoms with E-state index in [-0.39, 0.29) is 5.91 Å². The van der Waals surface area contributed by atoms with E-state index in [2.05, 4.69) is 27.9 Å². The van der Waals surface area contributed by atoms with Crippen molar-refractivity contribution in [1.29, 1.82) is 0 Å². The van der Waals surface area contributed by atoms with Crippen molar-refractivity contribution in [2.75, 3.05) is 18.4 Å². The summed E-state index contributed by atoms with van der Waals surface area (Å²) in [4.78, 5) is 15.2. The molecule has 118 valence electrons. The predicted molar refractivity (Wildman–Crippen MR) is 88.3 cm³/mol. The molecule has 3 rings (SSSR count). The molecular weight excluding hydrogens is 296 g/mol. The number of quaternary nitrogens is 1. The van der Waals surface area contributed by atoms with Gasteiger partial charge in [0, 0.05) is 19.9 Å². The molecule has 1 saturated heterocycles. The third-order valence-corrected chi connectivity index (χ3v) is 5.52. The number of carbonyl (C=O) groups is 1. The molecular formula is C16H23N4OS+. The lowest BCUT2D eigenvalue weighted by Crippen LogP contribution is -3.11. The van der Waals surface area contributed by atoms with E-state index < -0.39 is 0 Å². The molecule has 1 unspecified atom stereocenters. The van der Waals surface area contributed by atoms with Crippen LogP contribution >= 0.6 is 11.3 Å². The highest BCUT2D eigenvalue weighted by atomic mass is 32.1. The number of aryl methyl sites for hydroxylation is 2. The van der Waals surface area contributed by atoms with Crippen molar-refractivity contribution in [3.05, 3.63) is 33.8 Å². The lowest BCUT2D eigenvalue weighted by molar-refractivity contribution is -0.910. The van der Waals surface area contributed by atoms with E-state index in [1.165, 1.54) is 22.6 Å². The summed E-state index contributed by atoms with van der Waals surface area (Å²) in [7, 11) is 1.90. The van der Waals surface area contributed by atoms with E-state index in [1.54, 1.807) is 11.3 Å². The number of likely N-dealkylation sites (tertiary alicyclic amines) is 1. The topological polar surface area (TPSA) is 51.4 Å². The van der Waals surface area contributed by atoms with Gasteiger partial charge in [0.05, 0.1) is 28.5 Å². The molecule has 1 fully saturated rings. The first-order valence-electron chi connectivity index (χ1n) is 7.74. The van der Waals surface area contributed by atoms with Crippen molar-refractivity contribution in [2.24, 2.45) is 7.05 Å². The van der Waals surface area contributed by atoms with Gasteiger partial charge >= 0.3 is 0 Å². The molecule has 0 bridgehead atoms. The highest BCUT2D eigenvalue weighted by Gasteiger charge is 2.32. The monoisotopic (exact) mass is 319 g/mol. The van der Waals surface area contributed by atoms with E-state index in [0.29, 0.717) is 12.6 Å². The Bertz CT molecular complexity index is 662. The predicted octanol–water partition coefficient (Wildman–Crippen LogP) is 1.46. The summed E-state index contributed by atoms with van der Waals surface area (Å²) in [5.41, 5.74) is 2.73. The Labute approximate surface area is 134 Å². The highest BCUT2D eigenvalue weighted by molar-refractivity contribution is 7.10. The molecule has 0 aromatic carbocycles. The number of nitrogens with zero attached hydrogens (tertiary/aromatic N) is 2. The van der Waals surface area contributed by atoms with Crippen LogP contribution in [-0.4, -0.2) is 28.8 Å². The maximum Gasteiger partial charge on any atom is 0.279 e. The molecule has 2 aromatic heterocycles. The van der Waals surface area contributed by atoms with Crippen molar-refractivity contribution in [3.63, 3.8) is 0 Å². The SMILES string of the molecule is Cc1nn(C)c(C)c1NC(=O)C[NH+]1CCC[C@@H]1c1cccs1. The van der Waals surface area contributed by atoms with Crippen LogP contribution in [0.5, 0.6) is 0 Å². The van der Waals surface area contributed by atoms with Crippen LogP contribution in [0.15, 0.2) is 17.5 Å². The molecule has 1 aliphatic rings. The standard InChI is InChI=1S/C16H22N4OS/c1-11-16(12(2)19(3)18-11)17-15(21)10-20-8-4-6-13(20)14-7-5-9-22-14/h5,7,9,13H,4,6,8,10H2,1-3H3,(H,17,21)/p+1/t13-/m1/s1. The summed E-state index contributed by atoms with van der Waals surface area (Å²) in [6.07, 6.45) is 2.37. The number of amides is 1. The van der Waals surface area contributed by atoms with Crippen molar-refractivity contribution in [1.82, 2.24) is 9.78 Å². The van der Waals surface area contributed by atoms with Gasteiger partial charge in [-0.25, -0.2) is 0 Å². The van der Waals surface area contributed by atoms with E-state index >= 15 is 0 Å². The smallest absolute Gasteiger partial charge is 0.279 e. The van der Waals surface area contributed by atoms with Crippen LogP contribution in [0.2, 0.25) is 0 Å². The first-order chi connectivity index (χ1) is 10.6. The molecule has 1 amide bonds. The van der Waals surface area contributed by atoms with Crippen molar-refractivity contribution < 1.29 is 9.69 Å². The summed E-state index contributed by atoms with van der Waals surface area (Å²) in [5.74, 6) is 0.0812. The fraction of sp³-hybridized carbons (Fsp3) is 0.500. The molecule has 0 aliphatic carbocycles. The van der Waals surface area contributed by atoms with Crippen LogP contribution in [-0.2, 0) is 11.8 Å².